The second kappa shape index (κ2) is 8.06. The number of nitrogens with one attached hydrogen (secondary N) is 1. The molecule has 1 N–H and O–H groups in total. The molecule has 0 saturated carbocycles. The summed E-state index contributed by atoms with van der Waals surface area (Å²) in [5.74, 6) is 0.417. The number of carbonyl (C=O) groups is 1. The number of hydrogen-bond donors (Lipinski definition) is 1. The Hall–Kier alpha value is -1.79. The molecular weight excluding hydrogens is 354 g/mol. The fourth-order valence-electron chi connectivity index (χ4n) is 2.98. The smallest absolute Gasteiger partial charge is 0.230 e. The minimum atomic E-state index is -2.98. The second-order valence-corrected chi connectivity index (χ2v) is 9.50. The summed E-state index contributed by atoms with van der Waals surface area (Å²) >= 11 is 1.56. The van der Waals surface area contributed by atoms with Gasteiger partial charge in [-0.1, -0.05) is 60.7 Å². The number of thioether (sulfide) groups is 1. The van der Waals surface area contributed by atoms with Crippen molar-refractivity contribution in [1.82, 2.24) is 5.32 Å². The summed E-state index contributed by atoms with van der Waals surface area (Å²) in [6.07, 6.45) is 0.513. The molecular formula is C19H21NO3S2. The van der Waals surface area contributed by atoms with Crippen LogP contribution in [0.1, 0.15) is 22.8 Å². The van der Waals surface area contributed by atoms with Gasteiger partial charge >= 0.3 is 0 Å². The maximum Gasteiger partial charge on any atom is 0.230 e. The summed E-state index contributed by atoms with van der Waals surface area (Å²) in [7, 11) is -2.98. The van der Waals surface area contributed by atoms with Crippen LogP contribution < -0.4 is 5.32 Å². The average Bonchev–Trinajstić information content (AvgIpc) is 2.95. The van der Waals surface area contributed by atoms with Crippen molar-refractivity contribution < 1.29 is 13.2 Å². The highest BCUT2D eigenvalue weighted by Gasteiger charge is 2.29. The van der Waals surface area contributed by atoms with E-state index in [9.17, 15) is 13.2 Å². The molecule has 2 aromatic rings. The largest absolute Gasteiger partial charge is 0.352 e. The molecule has 1 atom stereocenters. The maximum atomic E-state index is 12.3. The number of rotatable bonds is 6. The monoisotopic (exact) mass is 375 g/mol. The first-order valence-corrected chi connectivity index (χ1v) is 11.1. The molecule has 132 valence electrons. The van der Waals surface area contributed by atoms with Crippen molar-refractivity contribution >= 4 is 27.5 Å². The summed E-state index contributed by atoms with van der Waals surface area (Å²) in [6, 6.07) is 19.9. The van der Waals surface area contributed by atoms with Gasteiger partial charge in [0.1, 0.15) is 0 Å². The zero-order valence-corrected chi connectivity index (χ0v) is 15.4. The fraction of sp³-hybridized carbons (Fsp3) is 0.316. The first-order valence-electron chi connectivity index (χ1n) is 8.25. The minimum absolute atomic E-state index is 0.0597. The van der Waals surface area contributed by atoms with Crippen LogP contribution in [0.5, 0.6) is 0 Å². The van der Waals surface area contributed by atoms with Crippen LogP contribution in [0, 0.1) is 0 Å². The van der Waals surface area contributed by atoms with Crippen LogP contribution in [0.2, 0.25) is 0 Å². The Kier molecular flexibility index (Phi) is 5.81. The Morgan fingerprint density at radius 1 is 1.04 bits per heavy atom. The summed E-state index contributed by atoms with van der Waals surface area (Å²) < 4.78 is 23.0. The molecule has 1 heterocycles. The van der Waals surface area contributed by atoms with E-state index in [1.807, 2.05) is 36.4 Å². The lowest BCUT2D eigenvalue weighted by atomic mass is 10.0. The van der Waals surface area contributed by atoms with Gasteiger partial charge in [-0.25, -0.2) is 8.42 Å². The molecule has 1 unspecified atom stereocenters. The van der Waals surface area contributed by atoms with E-state index in [1.165, 1.54) is 0 Å². The highest BCUT2D eigenvalue weighted by atomic mass is 32.2. The number of hydrogen-bond acceptors (Lipinski definition) is 4. The van der Waals surface area contributed by atoms with E-state index in [2.05, 4.69) is 29.6 Å². The third-order valence-corrected chi connectivity index (χ3v) is 7.26. The van der Waals surface area contributed by atoms with Gasteiger partial charge in [-0.05, 0) is 17.5 Å². The Balaban J connectivity index is 1.64. The third-order valence-electron chi connectivity index (χ3n) is 4.18. The van der Waals surface area contributed by atoms with E-state index >= 15 is 0 Å². The summed E-state index contributed by atoms with van der Waals surface area (Å²) in [5, 5.41) is 2.92. The molecule has 1 aliphatic rings. The van der Waals surface area contributed by atoms with E-state index in [0.717, 1.165) is 11.1 Å². The fourth-order valence-corrected chi connectivity index (χ4v) is 5.75. The summed E-state index contributed by atoms with van der Waals surface area (Å²) in [4.78, 5) is 12.3. The van der Waals surface area contributed by atoms with Gasteiger partial charge in [0.2, 0.25) is 5.91 Å². The molecule has 3 rings (SSSR count). The van der Waals surface area contributed by atoms with Gasteiger partial charge < -0.3 is 5.32 Å². The maximum absolute atomic E-state index is 12.3. The summed E-state index contributed by atoms with van der Waals surface area (Å²) in [5.41, 5.74) is 2.30. The van der Waals surface area contributed by atoms with Gasteiger partial charge in [-0.3, -0.25) is 4.79 Å². The van der Waals surface area contributed by atoms with Crippen LogP contribution in [0.4, 0.5) is 0 Å². The first kappa shape index (κ1) is 18.0. The van der Waals surface area contributed by atoms with Crippen LogP contribution in [0.3, 0.4) is 0 Å². The molecule has 0 radical (unpaired) electrons. The molecule has 1 saturated heterocycles. The van der Waals surface area contributed by atoms with Crippen LogP contribution in [0.15, 0.2) is 60.7 Å². The van der Waals surface area contributed by atoms with E-state index in [0.29, 0.717) is 12.2 Å². The van der Waals surface area contributed by atoms with Crippen LogP contribution in [-0.2, 0) is 14.6 Å². The molecule has 0 aliphatic carbocycles. The quantitative estimate of drug-likeness (QED) is 0.843. The first-order chi connectivity index (χ1) is 12.0. The average molecular weight is 376 g/mol. The van der Waals surface area contributed by atoms with Gasteiger partial charge in [0.05, 0.1) is 22.5 Å². The van der Waals surface area contributed by atoms with E-state index < -0.39 is 9.84 Å². The lowest BCUT2D eigenvalue weighted by molar-refractivity contribution is -0.119. The Bertz CT molecular complexity index is 768. The van der Waals surface area contributed by atoms with E-state index in [-0.39, 0.29) is 28.7 Å². The lowest BCUT2D eigenvalue weighted by Gasteiger charge is -2.18. The zero-order chi connectivity index (χ0) is 17.7. The molecule has 1 aliphatic heterocycles. The van der Waals surface area contributed by atoms with Crippen molar-refractivity contribution in [3.63, 3.8) is 0 Å². The molecule has 2 aromatic carbocycles. The minimum Gasteiger partial charge on any atom is -0.352 e. The molecule has 0 aromatic heterocycles. The molecule has 25 heavy (non-hydrogen) atoms. The topological polar surface area (TPSA) is 63.2 Å². The van der Waals surface area contributed by atoms with Crippen LogP contribution in [-0.4, -0.2) is 37.6 Å². The lowest BCUT2D eigenvalue weighted by Crippen LogP contribution is -2.36. The molecule has 6 heteroatoms. The van der Waals surface area contributed by atoms with Crippen LogP contribution >= 0.6 is 11.8 Å². The number of benzene rings is 2. The van der Waals surface area contributed by atoms with E-state index in [4.69, 9.17) is 0 Å². The molecule has 1 fully saturated rings. The van der Waals surface area contributed by atoms with Crippen molar-refractivity contribution in [3.05, 3.63) is 71.8 Å². The van der Waals surface area contributed by atoms with Crippen molar-refractivity contribution in [1.29, 1.82) is 0 Å². The Morgan fingerprint density at radius 3 is 2.08 bits per heavy atom. The predicted molar refractivity (Wildman–Crippen MR) is 102 cm³/mol. The number of sulfone groups is 1. The Labute approximate surface area is 152 Å². The molecule has 4 nitrogen and oxygen atoms in total. The molecule has 0 spiro atoms. The summed E-state index contributed by atoms with van der Waals surface area (Å²) in [6.45, 7) is 0. The van der Waals surface area contributed by atoms with Gasteiger partial charge in [0.15, 0.2) is 9.84 Å². The molecule has 1 amide bonds. The number of amides is 1. The number of carbonyl (C=O) groups excluding carboxylic acids is 1. The molecule has 0 bridgehead atoms. The highest BCUT2D eigenvalue weighted by Crippen LogP contribution is 2.35. The standard InChI is InChI=1S/C19H21NO3S2/c21-18(20-17-11-12-25(22,23)14-17)13-24-19(15-7-3-1-4-8-15)16-9-5-2-6-10-16/h1-10,17,19H,11-14H2,(H,20,21). The highest BCUT2D eigenvalue weighted by molar-refractivity contribution is 8.00. The van der Waals surface area contributed by atoms with Crippen molar-refractivity contribution in [2.75, 3.05) is 17.3 Å². The zero-order valence-electron chi connectivity index (χ0n) is 13.8. The van der Waals surface area contributed by atoms with Crippen molar-refractivity contribution in [2.24, 2.45) is 0 Å². The second-order valence-electron chi connectivity index (χ2n) is 6.18. The predicted octanol–water partition coefficient (Wildman–Crippen LogP) is 2.81. The van der Waals surface area contributed by atoms with Gasteiger partial charge in [-0.2, -0.15) is 0 Å². The van der Waals surface area contributed by atoms with Gasteiger partial charge in [-0.15, -0.1) is 11.8 Å². The normalized spacial score (nSPS) is 19.0. The van der Waals surface area contributed by atoms with Crippen molar-refractivity contribution in [3.8, 4) is 0 Å². The Morgan fingerprint density at radius 2 is 1.60 bits per heavy atom. The van der Waals surface area contributed by atoms with Gasteiger partial charge in [0, 0.05) is 6.04 Å². The van der Waals surface area contributed by atoms with Gasteiger partial charge in [0.25, 0.3) is 0 Å². The van der Waals surface area contributed by atoms with Crippen LogP contribution in [0.25, 0.3) is 0 Å². The SMILES string of the molecule is O=C(CSC(c1ccccc1)c1ccccc1)NC1CCS(=O)(=O)C1. The third kappa shape index (κ3) is 5.09. The van der Waals surface area contributed by atoms with Crippen molar-refractivity contribution in [2.45, 2.75) is 17.7 Å². The van der Waals surface area contributed by atoms with E-state index in [1.54, 1.807) is 11.8 Å².